The summed E-state index contributed by atoms with van der Waals surface area (Å²) in [6.07, 6.45) is 0.0229. The molecule has 2 fully saturated rings. The average molecular weight is 700 g/mol. The average Bonchev–Trinajstić information content (AvgIpc) is 3.14. The highest BCUT2D eigenvalue weighted by Crippen LogP contribution is 2.53. The number of fused-ring (bicyclic) bond motifs is 2. The van der Waals surface area contributed by atoms with Crippen molar-refractivity contribution >= 4 is 40.5 Å². The first-order chi connectivity index (χ1) is 24.9. The molecule has 256 valence electrons. The van der Waals surface area contributed by atoms with E-state index in [2.05, 4.69) is 10.6 Å². The number of β-lactam (4-membered cyclic amide) rings is 1. The molecule has 11 heteroatoms. The summed E-state index contributed by atoms with van der Waals surface area (Å²) in [5, 5.41) is 6.61. The second kappa shape index (κ2) is 13.6. The van der Waals surface area contributed by atoms with Crippen LogP contribution >= 0.6 is 11.8 Å². The zero-order chi connectivity index (χ0) is 35.0. The van der Waals surface area contributed by atoms with E-state index in [9.17, 15) is 19.2 Å². The van der Waals surface area contributed by atoms with Gasteiger partial charge in [0.05, 0.1) is 11.3 Å². The fraction of sp³-hybridized carbons (Fsp3) is 0.200. The molecule has 4 heterocycles. The van der Waals surface area contributed by atoms with Crippen molar-refractivity contribution in [2.45, 2.75) is 35.2 Å². The van der Waals surface area contributed by atoms with Crippen LogP contribution < -0.4 is 21.0 Å². The number of esters is 1. The van der Waals surface area contributed by atoms with Crippen molar-refractivity contribution in [3.63, 3.8) is 0 Å². The van der Waals surface area contributed by atoms with Gasteiger partial charge in [-0.25, -0.2) is 9.59 Å². The van der Waals surface area contributed by atoms with Crippen LogP contribution in [0.2, 0.25) is 0 Å². The van der Waals surface area contributed by atoms with Crippen molar-refractivity contribution in [2.24, 2.45) is 0 Å². The van der Waals surface area contributed by atoms with E-state index in [0.29, 0.717) is 29.9 Å². The smallest absolute Gasteiger partial charge is 0.356 e. The molecular formula is C40H33N3O7S. The predicted octanol–water partition coefficient (Wildman–Crippen LogP) is 5.09. The van der Waals surface area contributed by atoms with E-state index < -0.39 is 39.9 Å². The molecule has 3 aliphatic heterocycles. The van der Waals surface area contributed by atoms with Gasteiger partial charge in [-0.15, -0.1) is 11.8 Å². The van der Waals surface area contributed by atoms with Gasteiger partial charge in [0.15, 0.2) is 6.10 Å². The molecule has 0 saturated carbocycles. The second-order valence-electron chi connectivity index (χ2n) is 12.6. The molecule has 1 unspecified atom stereocenters. The lowest BCUT2D eigenvalue weighted by atomic mass is 9.91. The lowest BCUT2D eigenvalue weighted by Crippen LogP contribution is -2.75. The summed E-state index contributed by atoms with van der Waals surface area (Å²) in [5.74, 6) is -0.951. The molecule has 0 aliphatic carbocycles. The first-order valence-electron chi connectivity index (χ1n) is 16.7. The molecule has 0 radical (unpaired) electrons. The van der Waals surface area contributed by atoms with E-state index in [1.165, 1.54) is 22.7 Å². The van der Waals surface area contributed by atoms with E-state index >= 15 is 0 Å². The molecular weight excluding hydrogens is 667 g/mol. The van der Waals surface area contributed by atoms with Gasteiger partial charge in [-0.1, -0.05) is 91.0 Å². The Morgan fingerprint density at radius 2 is 1.55 bits per heavy atom. The minimum atomic E-state index is -0.835. The Morgan fingerprint density at radius 3 is 2.20 bits per heavy atom. The van der Waals surface area contributed by atoms with Gasteiger partial charge < -0.3 is 19.2 Å². The van der Waals surface area contributed by atoms with Crippen LogP contribution in [0, 0.1) is 0 Å². The van der Waals surface area contributed by atoms with Gasteiger partial charge in [-0.2, -0.15) is 0 Å². The summed E-state index contributed by atoms with van der Waals surface area (Å²) in [7, 11) is 0. The van der Waals surface area contributed by atoms with E-state index in [1.54, 1.807) is 24.3 Å². The summed E-state index contributed by atoms with van der Waals surface area (Å²) < 4.78 is 18.0. The molecule has 1 aromatic heterocycles. The summed E-state index contributed by atoms with van der Waals surface area (Å²) in [4.78, 5) is 54.3. The number of rotatable bonds is 10. The van der Waals surface area contributed by atoms with Crippen LogP contribution in [0.5, 0.6) is 5.75 Å². The highest BCUT2D eigenvalue weighted by molar-refractivity contribution is 8.01. The largest absolute Gasteiger partial charge is 0.489 e. The lowest BCUT2D eigenvalue weighted by molar-refractivity contribution is -0.155. The van der Waals surface area contributed by atoms with Crippen LogP contribution in [0.4, 0.5) is 0 Å². The van der Waals surface area contributed by atoms with Gasteiger partial charge in [-0.3, -0.25) is 19.8 Å². The van der Waals surface area contributed by atoms with Crippen LogP contribution in [-0.4, -0.2) is 52.1 Å². The molecule has 8 rings (SSSR count). The van der Waals surface area contributed by atoms with Crippen LogP contribution in [0.25, 0.3) is 11.0 Å². The molecule has 0 bridgehead atoms. The molecule has 4 aromatic carbocycles. The van der Waals surface area contributed by atoms with Crippen molar-refractivity contribution < 1.29 is 28.3 Å². The molecule has 51 heavy (non-hydrogen) atoms. The molecule has 10 nitrogen and oxygen atoms in total. The third-order valence-corrected chi connectivity index (χ3v) is 11.1. The minimum Gasteiger partial charge on any atom is -0.489 e. The molecule has 3 atom stereocenters. The molecule has 2 amide bonds. The summed E-state index contributed by atoms with van der Waals surface area (Å²) in [6.45, 7) is 0.623. The quantitative estimate of drug-likeness (QED) is 0.116. The number of ether oxygens (including phenoxy) is 2. The molecule has 3 aliphatic rings. The topological polar surface area (TPSA) is 127 Å². The third kappa shape index (κ3) is 6.30. The summed E-state index contributed by atoms with van der Waals surface area (Å²) >= 11 is 1.48. The van der Waals surface area contributed by atoms with Crippen molar-refractivity contribution in [1.29, 1.82) is 0 Å². The Bertz CT molecular complexity index is 2160. The van der Waals surface area contributed by atoms with Crippen LogP contribution in [0.3, 0.4) is 0 Å². The molecule has 1 spiro atoms. The van der Waals surface area contributed by atoms with Gasteiger partial charge in [-0.05, 0) is 47.9 Å². The second-order valence-corrected chi connectivity index (χ2v) is 14.0. The Kier molecular flexibility index (Phi) is 8.66. The van der Waals surface area contributed by atoms with Gasteiger partial charge in [0.2, 0.25) is 5.91 Å². The maximum atomic E-state index is 14.6. The van der Waals surface area contributed by atoms with Crippen LogP contribution in [-0.2, 0) is 25.5 Å². The Morgan fingerprint density at radius 1 is 0.902 bits per heavy atom. The van der Waals surface area contributed by atoms with E-state index in [0.717, 1.165) is 22.1 Å². The maximum Gasteiger partial charge on any atom is 0.356 e. The van der Waals surface area contributed by atoms with Crippen molar-refractivity contribution in [1.82, 2.24) is 15.5 Å². The number of nitrogens with zero attached hydrogens (tertiary/aromatic N) is 1. The minimum absolute atomic E-state index is 0.0596. The zero-order valence-corrected chi connectivity index (χ0v) is 28.1. The van der Waals surface area contributed by atoms with E-state index in [-0.39, 0.29) is 24.6 Å². The number of carbonyl (C=O) groups is 3. The predicted molar refractivity (Wildman–Crippen MR) is 191 cm³/mol. The number of benzene rings is 4. The first-order valence-corrected chi connectivity index (χ1v) is 17.6. The van der Waals surface area contributed by atoms with Crippen LogP contribution in [0.1, 0.15) is 29.2 Å². The number of thioether (sulfide) groups is 1. The highest BCUT2D eigenvalue weighted by atomic mass is 32.2. The third-order valence-electron chi connectivity index (χ3n) is 9.39. The maximum absolute atomic E-state index is 14.6. The van der Waals surface area contributed by atoms with Gasteiger partial charge >= 0.3 is 11.6 Å². The normalized spacial score (nSPS) is 20.8. The zero-order valence-electron chi connectivity index (χ0n) is 27.3. The summed E-state index contributed by atoms with van der Waals surface area (Å²) in [5.41, 5.74) is 2.90. The van der Waals surface area contributed by atoms with Crippen LogP contribution in [0.15, 0.2) is 142 Å². The Labute approximate surface area is 297 Å². The van der Waals surface area contributed by atoms with Gasteiger partial charge in [0.25, 0.3) is 5.91 Å². The monoisotopic (exact) mass is 699 g/mol. The molecule has 2 saturated heterocycles. The number of carbonyl (C=O) groups excluding carboxylic acids is 3. The molecule has 5 aromatic rings. The van der Waals surface area contributed by atoms with Crippen molar-refractivity contribution in [3.8, 4) is 5.75 Å². The lowest BCUT2D eigenvalue weighted by Gasteiger charge is -2.58. The standard InChI is InChI=1S/C40H33N3O7S/c44-32(22-25-10-4-1-5-11-25)42-34-37(46)43-35(39(47)50-36(27-12-6-2-7-13-27)28-14-8-3-9-15-28)30(40(20-21-41-40)51-38(34)43)24-48-29-18-16-26-17-19-33(45)49-31(26)23-29/h1-19,23,34,36,38,41H,20-22,24H2,(H,42,44)/t34-,38-,40?/m1/s1. The number of amides is 2. The SMILES string of the molecule is O=C(Cc1ccccc1)N[C@@H]1C(=O)N2C(C(=O)OC(c3ccccc3)c3ccccc3)=C(COc3ccc4ccc(=O)oc4c3)C3(CCN3)S[C@H]12. The summed E-state index contributed by atoms with van der Waals surface area (Å²) in [6, 6.07) is 35.6. The van der Waals surface area contributed by atoms with Gasteiger partial charge in [0.1, 0.15) is 35.1 Å². The Balaban J connectivity index is 1.15. The van der Waals surface area contributed by atoms with E-state index in [1.807, 2.05) is 91.0 Å². The first kappa shape index (κ1) is 32.5. The number of hydrogen-bond donors (Lipinski definition) is 2. The molecule has 2 N–H and O–H groups in total. The number of nitrogens with one attached hydrogen (secondary N) is 2. The van der Waals surface area contributed by atoms with Crippen molar-refractivity contribution in [2.75, 3.05) is 13.2 Å². The van der Waals surface area contributed by atoms with Gasteiger partial charge in [0, 0.05) is 23.1 Å². The van der Waals surface area contributed by atoms with Crippen molar-refractivity contribution in [3.05, 3.63) is 160 Å². The fourth-order valence-corrected chi connectivity index (χ4v) is 8.48. The highest BCUT2D eigenvalue weighted by Gasteiger charge is 2.62. The fourth-order valence-electron chi connectivity index (χ4n) is 6.73. The number of hydrogen-bond acceptors (Lipinski definition) is 9. The Hall–Kier alpha value is -5.65. The van der Waals surface area contributed by atoms with E-state index in [4.69, 9.17) is 13.9 Å².